The number of hydrogen-bond acceptors (Lipinski definition) is 7. The number of aromatic nitrogens is 1. The number of carbonyl (C=O) groups is 3. The molecule has 0 radical (unpaired) electrons. The third kappa shape index (κ3) is 17.0. The number of H-pyrrole nitrogens is 1. The zero-order chi connectivity index (χ0) is 41.1. The number of phosphoric acid groups is 1. The van der Waals surface area contributed by atoms with E-state index in [0.717, 1.165) is 79.8 Å². The molecule has 0 spiro atoms. The van der Waals surface area contributed by atoms with Crippen LogP contribution in [0, 0.1) is 0 Å². The first-order valence-electron chi connectivity index (χ1n) is 19.9. The maximum absolute atomic E-state index is 13.8. The maximum Gasteiger partial charge on any atom is 0.527 e. The van der Waals surface area contributed by atoms with Crippen molar-refractivity contribution in [3.8, 4) is 5.75 Å². The van der Waals surface area contributed by atoms with Gasteiger partial charge >= 0.3 is 13.9 Å². The Morgan fingerprint density at radius 3 is 2.04 bits per heavy atom. The quantitative estimate of drug-likeness (QED) is 0.0344. The first-order valence-corrected chi connectivity index (χ1v) is 21.7. The molecule has 0 aliphatic heterocycles. The van der Waals surface area contributed by atoms with Gasteiger partial charge < -0.3 is 30.2 Å². The smallest absolute Gasteiger partial charge is 0.444 e. The highest BCUT2D eigenvalue weighted by atomic mass is 35.5. The Morgan fingerprint density at radius 2 is 1.35 bits per heavy atom. The molecule has 4 aromatic rings. The van der Waals surface area contributed by atoms with Gasteiger partial charge in [-0.3, -0.25) is 19.0 Å². The average molecular weight is 825 g/mol. The van der Waals surface area contributed by atoms with Crippen LogP contribution in [0.2, 0.25) is 5.02 Å². The van der Waals surface area contributed by atoms with Gasteiger partial charge in [-0.2, -0.15) is 0 Å². The van der Waals surface area contributed by atoms with E-state index in [4.69, 9.17) is 25.4 Å². The lowest BCUT2D eigenvalue weighted by Gasteiger charge is -2.25. The van der Waals surface area contributed by atoms with Crippen molar-refractivity contribution in [3.05, 3.63) is 101 Å². The molecule has 12 nitrogen and oxygen atoms in total. The molecule has 0 bridgehead atoms. The number of amides is 3. The maximum atomic E-state index is 13.8. The van der Waals surface area contributed by atoms with Crippen LogP contribution in [0.15, 0.2) is 85.1 Å². The Bertz CT molecular complexity index is 1900. The monoisotopic (exact) mass is 824 g/mol. The minimum atomic E-state index is -4.23. The Balaban J connectivity index is 1.18. The van der Waals surface area contributed by atoms with Gasteiger partial charge in [0.1, 0.15) is 23.4 Å². The molecule has 0 aliphatic rings. The Kier molecular flexibility index (Phi) is 18.4. The van der Waals surface area contributed by atoms with Crippen molar-refractivity contribution < 1.29 is 37.6 Å². The van der Waals surface area contributed by atoms with E-state index in [0.29, 0.717) is 13.0 Å². The molecule has 0 fully saturated rings. The van der Waals surface area contributed by atoms with Crippen LogP contribution in [-0.2, 0) is 36.3 Å². The largest absolute Gasteiger partial charge is 0.527 e. The molecule has 0 saturated carbocycles. The van der Waals surface area contributed by atoms with Crippen LogP contribution in [0.4, 0.5) is 4.79 Å². The predicted molar refractivity (Wildman–Crippen MR) is 224 cm³/mol. The molecule has 1 unspecified atom stereocenters. The van der Waals surface area contributed by atoms with Crippen molar-refractivity contribution in [2.75, 3.05) is 13.2 Å². The predicted octanol–water partition coefficient (Wildman–Crippen LogP) is 9.20. The van der Waals surface area contributed by atoms with Gasteiger partial charge in [0.25, 0.3) is 0 Å². The number of nitrogens with one attached hydrogen (secondary N) is 4. The third-order valence-electron chi connectivity index (χ3n) is 9.20. The fourth-order valence-electron chi connectivity index (χ4n) is 6.34. The van der Waals surface area contributed by atoms with Crippen LogP contribution in [0.3, 0.4) is 0 Å². The zero-order valence-corrected chi connectivity index (χ0v) is 34.9. The number of carbonyl (C=O) groups excluding carboxylic acids is 3. The summed E-state index contributed by atoms with van der Waals surface area (Å²) in [6.45, 7) is 5.88. The summed E-state index contributed by atoms with van der Waals surface area (Å²) in [5.41, 5.74) is 1.94. The van der Waals surface area contributed by atoms with E-state index in [1.165, 1.54) is 6.07 Å². The van der Waals surface area contributed by atoms with Crippen molar-refractivity contribution in [1.82, 2.24) is 20.9 Å². The van der Waals surface area contributed by atoms with Crippen molar-refractivity contribution in [3.63, 3.8) is 0 Å². The number of ether oxygens (including phenoxy) is 1. The number of hydrogen-bond donors (Lipinski definition) is 5. The van der Waals surface area contributed by atoms with E-state index in [1.807, 2.05) is 60.8 Å². The lowest BCUT2D eigenvalue weighted by molar-refractivity contribution is -0.130. The molecular weight excluding hydrogens is 767 g/mol. The molecule has 1 aromatic heterocycles. The minimum Gasteiger partial charge on any atom is -0.444 e. The summed E-state index contributed by atoms with van der Waals surface area (Å²) in [4.78, 5) is 53.5. The van der Waals surface area contributed by atoms with Crippen LogP contribution in [0.1, 0.15) is 96.1 Å². The zero-order valence-electron chi connectivity index (χ0n) is 33.3. The van der Waals surface area contributed by atoms with Crippen LogP contribution in [-0.4, -0.2) is 58.6 Å². The highest BCUT2D eigenvalue weighted by molar-refractivity contribution is 7.47. The fraction of sp³-hybridized carbons (Fsp3) is 0.465. The first kappa shape index (κ1) is 45.4. The molecule has 0 aliphatic carbocycles. The molecule has 3 atom stereocenters. The van der Waals surface area contributed by atoms with E-state index < -0.39 is 37.5 Å². The van der Waals surface area contributed by atoms with E-state index in [1.54, 1.807) is 39.0 Å². The Hall–Kier alpha value is -4.35. The lowest BCUT2D eigenvalue weighted by atomic mass is 10.0. The Morgan fingerprint density at radius 1 is 0.754 bits per heavy atom. The second kappa shape index (κ2) is 23.2. The standard InChI is InChI=1S/C43H58ClN4O8P/c1-43(2,3)55-42(51)48-37(29-32-21-13-12-14-22-32)41(50)47-38(30-33-31-46-36-25-17-15-23-34(33)36)40(49)45-27-19-10-8-6-4-5-7-9-11-20-28-54-57(52,53)56-39-26-18-16-24-35(39)44/h12-18,21-26,31,37-38,46H,4-11,19-20,27-30H2,1-3H3,(H,45,49)(H,47,50)(H,48,51)(H,52,53)/t37-,38-/m1/s1. The summed E-state index contributed by atoms with van der Waals surface area (Å²) in [6.07, 6.45) is 11.4. The number of benzene rings is 3. The number of rotatable bonds is 24. The molecule has 57 heavy (non-hydrogen) atoms. The lowest BCUT2D eigenvalue weighted by Crippen LogP contribution is -2.55. The number of aromatic amines is 1. The normalized spacial score (nSPS) is 13.6. The number of halogens is 1. The number of alkyl carbamates (subject to hydrolysis) is 1. The number of para-hydroxylation sites is 2. The first-order chi connectivity index (χ1) is 27.3. The summed E-state index contributed by atoms with van der Waals surface area (Å²) >= 11 is 5.98. The van der Waals surface area contributed by atoms with E-state index in [2.05, 4.69) is 20.9 Å². The minimum absolute atomic E-state index is 0.113. The third-order valence-corrected chi connectivity index (χ3v) is 10.4. The van der Waals surface area contributed by atoms with Gasteiger partial charge in [0.15, 0.2) is 0 Å². The van der Waals surface area contributed by atoms with Gasteiger partial charge in [-0.15, -0.1) is 0 Å². The van der Waals surface area contributed by atoms with E-state index >= 15 is 0 Å². The molecule has 310 valence electrons. The van der Waals surface area contributed by atoms with Gasteiger partial charge in [0.05, 0.1) is 11.6 Å². The molecule has 5 N–H and O–H groups in total. The van der Waals surface area contributed by atoms with Crippen LogP contribution >= 0.6 is 19.4 Å². The van der Waals surface area contributed by atoms with Gasteiger partial charge in [-0.05, 0) is 62.9 Å². The molecular formula is C43H58ClN4O8P. The van der Waals surface area contributed by atoms with Crippen molar-refractivity contribution in [2.24, 2.45) is 0 Å². The van der Waals surface area contributed by atoms with Gasteiger partial charge in [-0.25, -0.2) is 9.36 Å². The van der Waals surface area contributed by atoms with Crippen molar-refractivity contribution >= 4 is 48.2 Å². The van der Waals surface area contributed by atoms with Crippen molar-refractivity contribution in [1.29, 1.82) is 0 Å². The molecule has 0 saturated heterocycles. The van der Waals surface area contributed by atoms with Gasteiger partial charge in [-0.1, -0.05) is 124 Å². The number of unbranched alkanes of at least 4 members (excludes halogenated alkanes) is 9. The summed E-state index contributed by atoms with van der Waals surface area (Å²) in [6, 6.07) is 21.8. The molecule has 3 amide bonds. The van der Waals surface area contributed by atoms with Gasteiger partial charge in [0, 0.05) is 36.5 Å². The van der Waals surface area contributed by atoms with Crippen LogP contribution < -0.4 is 20.5 Å². The summed E-state index contributed by atoms with van der Waals surface area (Å²) in [5.74, 6) is -0.653. The van der Waals surface area contributed by atoms with Gasteiger partial charge in [0.2, 0.25) is 11.8 Å². The highest BCUT2D eigenvalue weighted by Gasteiger charge is 2.29. The van der Waals surface area contributed by atoms with Crippen LogP contribution in [0.5, 0.6) is 5.75 Å². The van der Waals surface area contributed by atoms with E-state index in [-0.39, 0.29) is 36.1 Å². The SMILES string of the molecule is CC(C)(C)OC(=O)N[C@H](Cc1ccccc1)C(=O)N[C@H](Cc1c[nH]c2ccccc12)C(=O)NCCCCCCCCCCCCOP(=O)(O)Oc1ccccc1Cl. The number of fused-ring (bicyclic) bond motifs is 1. The summed E-state index contributed by atoms with van der Waals surface area (Å²) in [7, 11) is -4.23. The molecule has 4 rings (SSSR count). The average Bonchev–Trinajstić information content (AvgIpc) is 3.57. The van der Waals surface area contributed by atoms with Crippen molar-refractivity contribution in [2.45, 2.75) is 116 Å². The fourth-order valence-corrected chi connectivity index (χ4v) is 7.38. The van der Waals surface area contributed by atoms with E-state index in [9.17, 15) is 23.8 Å². The molecule has 1 heterocycles. The summed E-state index contributed by atoms with van der Waals surface area (Å²) < 4.78 is 27.8. The molecule has 3 aromatic carbocycles. The summed E-state index contributed by atoms with van der Waals surface area (Å²) in [5, 5.41) is 9.92. The highest BCUT2D eigenvalue weighted by Crippen LogP contribution is 2.45. The topological polar surface area (TPSA) is 168 Å². The second-order valence-corrected chi connectivity index (χ2v) is 16.9. The molecule has 14 heteroatoms. The Labute approximate surface area is 341 Å². The second-order valence-electron chi connectivity index (χ2n) is 15.2. The van der Waals surface area contributed by atoms with Crippen LogP contribution in [0.25, 0.3) is 10.9 Å². The number of phosphoric ester groups is 1.